The summed E-state index contributed by atoms with van der Waals surface area (Å²) in [5.41, 5.74) is -0.124. The van der Waals surface area contributed by atoms with E-state index in [-0.39, 0.29) is 34.7 Å². The van der Waals surface area contributed by atoms with Crippen LogP contribution in [0.15, 0.2) is 30.5 Å². The molecule has 220 valence electrons. The molecule has 40 heavy (non-hydrogen) atoms. The van der Waals surface area contributed by atoms with Gasteiger partial charge in [0, 0.05) is 32.6 Å². The minimum absolute atomic E-state index is 0.0426. The Morgan fingerprint density at radius 1 is 1.15 bits per heavy atom. The summed E-state index contributed by atoms with van der Waals surface area (Å²) in [5, 5.41) is 8.95. The summed E-state index contributed by atoms with van der Waals surface area (Å²) in [5.74, 6) is -8.20. The number of likely N-dealkylation sites (N-methyl/N-ethyl adjacent to an activating group) is 1. The van der Waals surface area contributed by atoms with Crippen molar-refractivity contribution >= 4 is 23.4 Å². The lowest BCUT2D eigenvalue weighted by Crippen LogP contribution is -2.50. The Bertz CT molecular complexity index is 1210. The molecule has 3 atom stereocenters. The van der Waals surface area contributed by atoms with Gasteiger partial charge in [-0.2, -0.15) is 5.10 Å². The number of nitrogens with one attached hydrogen (secondary N) is 2. The molecule has 8 nitrogen and oxygen atoms in total. The highest BCUT2D eigenvalue weighted by Gasteiger charge is 2.41. The van der Waals surface area contributed by atoms with Crippen LogP contribution in [0, 0.1) is 11.7 Å². The molecule has 1 heterocycles. The number of aryl methyl sites for hydroxylation is 1. The number of hydrogen-bond donors (Lipinski definition) is 2. The lowest BCUT2D eigenvalue weighted by Gasteiger charge is -2.33. The van der Waals surface area contributed by atoms with Crippen LogP contribution >= 0.6 is 0 Å². The summed E-state index contributed by atoms with van der Waals surface area (Å²) < 4.78 is 82.8. The number of carbonyl (C=O) groups is 3. The van der Waals surface area contributed by atoms with Crippen LogP contribution in [0.4, 0.5) is 32.0 Å². The first-order valence-corrected chi connectivity index (χ1v) is 12.8. The Morgan fingerprint density at radius 3 is 2.38 bits per heavy atom. The number of halogens is 6. The van der Waals surface area contributed by atoms with Crippen LogP contribution in [0.25, 0.3) is 0 Å². The number of rotatable bonds is 10. The molecule has 0 aliphatic heterocycles. The summed E-state index contributed by atoms with van der Waals surface area (Å²) in [6.45, 7) is 3.41. The lowest BCUT2D eigenvalue weighted by atomic mass is 9.81. The highest BCUT2D eigenvalue weighted by atomic mass is 19.3. The highest BCUT2D eigenvalue weighted by Crippen LogP contribution is 2.38. The molecule has 1 aliphatic carbocycles. The van der Waals surface area contributed by atoms with Gasteiger partial charge in [-0.15, -0.1) is 0 Å². The number of hydrogen-bond acceptors (Lipinski definition) is 4. The Morgan fingerprint density at radius 2 is 1.80 bits per heavy atom. The van der Waals surface area contributed by atoms with E-state index in [1.54, 1.807) is 6.92 Å². The van der Waals surface area contributed by atoms with E-state index in [1.165, 1.54) is 29.9 Å². The molecular weight excluding hydrogens is 544 g/mol. The number of aromatic nitrogens is 2. The van der Waals surface area contributed by atoms with Gasteiger partial charge >= 0.3 is 0 Å². The van der Waals surface area contributed by atoms with Crippen molar-refractivity contribution in [1.29, 1.82) is 0 Å². The number of benzene rings is 1. The van der Waals surface area contributed by atoms with Gasteiger partial charge in [-0.1, -0.05) is 6.07 Å². The molecule has 0 radical (unpaired) electrons. The first-order chi connectivity index (χ1) is 18.8. The Hall–Kier alpha value is -3.58. The van der Waals surface area contributed by atoms with Gasteiger partial charge in [-0.25, -0.2) is 26.3 Å². The third kappa shape index (κ3) is 7.13. The molecule has 1 fully saturated rings. The van der Waals surface area contributed by atoms with Crippen molar-refractivity contribution in [1.82, 2.24) is 20.0 Å². The number of nitrogens with zero attached hydrogens (tertiary/aromatic N) is 3. The Kier molecular flexibility index (Phi) is 9.85. The van der Waals surface area contributed by atoms with Crippen molar-refractivity contribution in [3.63, 3.8) is 0 Å². The van der Waals surface area contributed by atoms with Gasteiger partial charge in [0.1, 0.15) is 17.6 Å². The van der Waals surface area contributed by atoms with E-state index < -0.39 is 72.9 Å². The first-order valence-electron chi connectivity index (χ1n) is 12.8. The average molecular weight is 576 g/mol. The van der Waals surface area contributed by atoms with Gasteiger partial charge in [0.15, 0.2) is 0 Å². The van der Waals surface area contributed by atoms with Crippen molar-refractivity contribution in [2.75, 3.05) is 12.4 Å². The maximum atomic E-state index is 15.0. The molecule has 1 aromatic carbocycles. The molecule has 2 N–H and O–H groups in total. The average Bonchev–Trinajstić information content (AvgIpc) is 3.40. The largest absolute Gasteiger partial charge is 0.339 e. The van der Waals surface area contributed by atoms with Gasteiger partial charge in [-0.3, -0.25) is 19.1 Å². The van der Waals surface area contributed by atoms with E-state index in [9.17, 15) is 40.7 Å². The lowest BCUT2D eigenvalue weighted by molar-refractivity contribution is -0.143. The van der Waals surface area contributed by atoms with E-state index in [0.29, 0.717) is 6.54 Å². The number of amides is 3. The Balaban J connectivity index is 1.79. The van der Waals surface area contributed by atoms with Gasteiger partial charge in [0.2, 0.25) is 24.0 Å². The predicted molar refractivity (Wildman–Crippen MR) is 133 cm³/mol. The van der Waals surface area contributed by atoms with E-state index in [0.717, 1.165) is 19.2 Å². The highest BCUT2D eigenvalue weighted by molar-refractivity contribution is 6.00. The molecule has 0 saturated heterocycles. The maximum absolute atomic E-state index is 15.0. The van der Waals surface area contributed by atoms with Crippen molar-refractivity contribution in [3.8, 4) is 0 Å². The molecule has 14 heteroatoms. The van der Waals surface area contributed by atoms with Crippen LogP contribution in [-0.4, -0.2) is 64.1 Å². The minimum Gasteiger partial charge on any atom is -0.339 e. The van der Waals surface area contributed by atoms with Crippen LogP contribution in [0.5, 0.6) is 0 Å². The number of carbonyl (C=O) groups excluding carboxylic acids is 3. The molecule has 0 bridgehead atoms. The van der Waals surface area contributed by atoms with Crippen LogP contribution in [0.2, 0.25) is 0 Å². The summed E-state index contributed by atoms with van der Waals surface area (Å²) in [6.07, 6.45) is -5.90. The molecule has 1 aromatic heterocycles. The summed E-state index contributed by atoms with van der Waals surface area (Å²) in [4.78, 5) is 38.8. The normalized spacial score (nSPS) is 17.6. The van der Waals surface area contributed by atoms with Crippen molar-refractivity contribution in [2.24, 2.45) is 5.92 Å². The Labute approximate surface area is 227 Å². The van der Waals surface area contributed by atoms with E-state index in [4.69, 9.17) is 0 Å². The van der Waals surface area contributed by atoms with Crippen LogP contribution < -0.4 is 10.6 Å². The van der Waals surface area contributed by atoms with Gasteiger partial charge in [0.05, 0.1) is 11.6 Å². The minimum atomic E-state index is -3.41. The molecule has 2 aromatic rings. The summed E-state index contributed by atoms with van der Waals surface area (Å²) in [6, 6.07) is 3.46. The van der Waals surface area contributed by atoms with E-state index in [1.807, 2.05) is 0 Å². The van der Waals surface area contributed by atoms with Gasteiger partial charge < -0.3 is 15.5 Å². The smallest absolute Gasteiger partial charge is 0.287 e. The summed E-state index contributed by atoms with van der Waals surface area (Å²) in [7, 11) is 0.865. The van der Waals surface area contributed by atoms with E-state index >= 15 is 0 Å². The van der Waals surface area contributed by atoms with Gasteiger partial charge in [0.25, 0.3) is 12.3 Å². The molecule has 2 unspecified atom stereocenters. The molecule has 1 saturated carbocycles. The zero-order valence-corrected chi connectivity index (χ0v) is 22.1. The molecule has 3 amide bonds. The summed E-state index contributed by atoms with van der Waals surface area (Å²) >= 11 is 0. The molecule has 1 aliphatic rings. The monoisotopic (exact) mass is 575 g/mol. The fourth-order valence-electron chi connectivity index (χ4n) is 4.64. The second-order valence-corrected chi connectivity index (χ2v) is 9.78. The topological polar surface area (TPSA) is 96.3 Å². The van der Waals surface area contributed by atoms with Crippen molar-refractivity contribution in [2.45, 2.75) is 76.7 Å². The predicted octanol–water partition coefficient (Wildman–Crippen LogP) is 4.73. The fraction of sp³-hybridized carbons (Fsp3) is 0.538. The van der Waals surface area contributed by atoms with Gasteiger partial charge in [-0.05, 0) is 56.4 Å². The standard InChI is InChI=1S/C26H31F6N5O3/c1-4-37-19(9-12-33-37)23(38)35-20(15-7-10-26(31,32)11-8-15)24(39)34-18-6-5-16(13-17(18)27)14(2)25(40)36(3)22(30)21(28)29/h5-6,9,12-15,20-22H,4,7-8,10-11H2,1-3H3,(H,34,39)(H,35,38)/t14?,20-,22?/m0/s1. The first kappa shape index (κ1) is 31.0. The number of anilines is 1. The SMILES string of the molecule is CCn1nccc1C(=O)N[C@H](C(=O)Nc1ccc(C(C)C(=O)N(C)C(F)C(F)F)cc1F)C1CCC(F)(F)CC1. The van der Waals surface area contributed by atoms with Crippen LogP contribution in [0.1, 0.15) is 61.5 Å². The van der Waals surface area contributed by atoms with Crippen LogP contribution in [-0.2, 0) is 16.1 Å². The zero-order chi connectivity index (χ0) is 29.8. The zero-order valence-electron chi connectivity index (χ0n) is 22.1. The van der Waals surface area contributed by atoms with Crippen LogP contribution in [0.3, 0.4) is 0 Å². The fourth-order valence-corrected chi connectivity index (χ4v) is 4.64. The number of alkyl halides is 5. The maximum Gasteiger partial charge on any atom is 0.287 e. The van der Waals surface area contributed by atoms with E-state index in [2.05, 4.69) is 15.7 Å². The quantitative estimate of drug-likeness (QED) is 0.317. The van der Waals surface area contributed by atoms with Crippen molar-refractivity contribution in [3.05, 3.63) is 47.5 Å². The third-order valence-corrected chi connectivity index (χ3v) is 7.10. The molecular formula is C26H31F6N5O3. The second-order valence-electron chi connectivity index (χ2n) is 9.78. The molecule has 3 rings (SSSR count). The second kappa shape index (κ2) is 12.7. The van der Waals surface area contributed by atoms with Crippen molar-refractivity contribution < 1.29 is 40.7 Å². The molecule has 0 spiro atoms. The third-order valence-electron chi connectivity index (χ3n) is 7.10.